The van der Waals surface area contributed by atoms with Crippen molar-refractivity contribution in [2.75, 3.05) is 19.7 Å². The Morgan fingerprint density at radius 2 is 2.11 bits per heavy atom. The van der Waals surface area contributed by atoms with E-state index in [1.54, 1.807) is 0 Å². The molecule has 0 atom stereocenters. The van der Waals surface area contributed by atoms with Gasteiger partial charge in [0.15, 0.2) is 0 Å². The molecule has 0 amide bonds. The molecule has 0 unspecified atom stereocenters. The SMILES string of the molecule is CCCN(CC(=O)OCC)Cc1nc(C)c(C)o1. The van der Waals surface area contributed by atoms with Gasteiger partial charge in [-0.25, -0.2) is 4.98 Å². The van der Waals surface area contributed by atoms with E-state index in [4.69, 9.17) is 9.15 Å². The van der Waals surface area contributed by atoms with E-state index in [-0.39, 0.29) is 12.5 Å². The molecule has 0 bridgehead atoms. The largest absolute Gasteiger partial charge is 0.465 e. The minimum absolute atomic E-state index is 0.203. The average Bonchev–Trinajstić information content (AvgIpc) is 2.58. The van der Waals surface area contributed by atoms with Crippen LogP contribution in [0.1, 0.15) is 37.6 Å². The maximum absolute atomic E-state index is 11.5. The van der Waals surface area contributed by atoms with Gasteiger partial charge in [-0.2, -0.15) is 0 Å². The van der Waals surface area contributed by atoms with Crippen LogP contribution in [-0.4, -0.2) is 35.5 Å². The lowest BCUT2D eigenvalue weighted by molar-refractivity contribution is -0.144. The Balaban J connectivity index is 2.59. The minimum Gasteiger partial charge on any atom is -0.465 e. The number of hydrogen-bond acceptors (Lipinski definition) is 5. The summed E-state index contributed by atoms with van der Waals surface area (Å²) in [6, 6.07) is 0. The molecule has 0 saturated heterocycles. The van der Waals surface area contributed by atoms with Gasteiger partial charge in [0, 0.05) is 0 Å². The van der Waals surface area contributed by atoms with Crippen LogP contribution < -0.4 is 0 Å². The van der Waals surface area contributed by atoms with E-state index in [0.717, 1.165) is 24.4 Å². The molecule has 0 saturated carbocycles. The van der Waals surface area contributed by atoms with Crippen molar-refractivity contribution in [3.8, 4) is 0 Å². The number of esters is 1. The highest BCUT2D eigenvalue weighted by molar-refractivity contribution is 5.71. The van der Waals surface area contributed by atoms with Crippen molar-refractivity contribution in [2.45, 2.75) is 40.7 Å². The molecule has 102 valence electrons. The molecule has 0 N–H and O–H groups in total. The monoisotopic (exact) mass is 254 g/mol. The molecule has 1 aromatic heterocycles. The van der Waals surface area contributed by atoms with E-state index in [9.17, 15) is 4.79 Å². The molecule has 0 fully saturated rings. The van der Waals surface area contributed by atoms with Crippen molar-refractivity contribution in [1.29, 1.82) is 0 Å². The summed E-state index contributed by atoms with van der Waals surface area (Å²) < 4.78 is 10.5. The van der Waals surface area contributed by atoms with Gasteiger partial charge < -0.3 is 9.15 Å². The molecule has 0 radical (unpaired) electrons. The Hall–Kier alpha value is -1.36. The summed E-state index contributed by atoms with van der Waals surface area (Å²) >= 11 is 0. The summed E-state index contributed by atoms with van der Waals surface area (Å²) in [5, 5.41) is 0. The third-order valence-corrected chi connectivity index (χ3v) is 2.63. The summed E-state index contributed by atoms with van der Waals surface area (Å²) in [6.07, 6.45) is 0.970. The number of carbonyl (C=O) groups excluding carboxylic acids is 1. The summed E-state index contributed by atoms with van der Waals surface area (Å²) in [7, 11) is 0. The van der Waals surface area contributed by atoms with Crippen LogP contribution in [0, 0.1) is 13.8 Å². The summed E-state index contributed by atoms with van der Waals surface area (Å²) in [4.78, 5) is 17.8. The van der Waals surface area contributed by atoms with Crippen molar-refractivity contribution < 1.29 is 13.9 Å². The van der Waals surface area contributed by atoms with Gasteiger partial charge in [-0.15, -0.1) is 0 Å². The number of rotatable bonds is 7. The standard InChI is InChI=1S/C13H22N2O3/c1-5-7-15(9-13(16)17-6-2)8-12-14-10(3)11(4)18-12/h5-9H2,1-4H3. The van der Waals surface area contributed by atoms with Gasteiger partial charge in [0.1, 0.15) is 5.76 Å². The fourth-order valence-electron chi connectivity index (χ4n) is 1.72. The van der Waals surface area contributed by atoms with Crippen LogP contribution in [-0.2, 0) is 16.1 Å². The van der Waals surface area contributed by atoms with Crippen LogP contribution in [0.25, 0.3) is 0 Å². The van der Waals surface area contributed by atoms with Crippen molar-refractivity contribution >= 4 is 5.97 Å². The number of nitrogens with zero attached hydrogens (tertiary/aromatic N) is 2. The number of aromatic nitrogens is 1. The molecule has 1 rings (SSSR count). The average molecular weight is 254 g/mol. The Morgan fingerprint density at radius 3 is 2.61 bits per heavy atom. The van der Waals surface area contributed by atoms with Gasteiger partial charge >= 0.3 is 5.97 Å². The van der Waals surface area contributed by atoms with Crippen molar-refractivity contribution in [1.82, 2.24) is 9.88 Å². The molecule has 1 heterocycles. The normalized spacial score (nSPS) is 10.9. The molecular formula is C13H22N2O3. The van der Waals surface area contributed by atoms with Crippen molar-refractivity contribution in [3.63, 3.8) is 0 Å². The lowest BCUT2D eigenvalue weighted by Gasteiger charge is -2.18. The van der Waals surface area contributed by atoms with E-state index in [0.29, 0.717) is 19.0 Å². The second kappa shape index (κ2) is 7.16. The molecule has 5 heteroatoms. The lowest BCUT2D eigenvalue weighted by Crippen LogP contribution is -2.31. The molecule has 0 aliphatic heterocycles. The summed E-state index contributed by atoms with van der Waals surface area (Å²) in [5.41, 5.74) is 0.901. The molecule has 0 aromatic carbocycles. The first-order valence-corrected chi connectivity index (χ1v) is 6.37. The minimum atomic E-state index is -0.203. The predicted molar refractivity (Wildman–Crippen MR) is 68.2 cm³/mol. The quantitative estimate of drug-likeness (QED) is 0.697. The fraction of sp³-hybridized carbons (Fsp3) is 0.692. The van der Waals surface area contributed by atoms with E-state index < -0.39 is 0 Å². The molecule has 0 aliphatic rings. The Kier molecular flexibility index (Phi) is 5.85. The van der Waals surface area contributed by atoms with E-state index in [1.165, 1.54) is 0 Å². The zero-order chi connectivity index (χ0) is 13.5. The van der Waals surface area contributed by atoms with Crippen LogP contribution in [0.2, 0.25) is 0 Å². The van der Waals surface area contributed by atoms with Crippen LogP contribution in [0.5, 0.6) is 0 Å². The first kappa shape index (κ1) is 14.7. The zero-order valence-electron chi connectivity index (χ0n) is 11.7. The van der Waals surface area contributed by atoms with E-state index in [1.807, 2.05) is 25.7 Å². The smallest absolute Gasteiger partial charge is 0.320 e. The third-order valence-electron chi connectivity index (χ3n) is 2.63. The number of carbonyl (C=O) groups is 1. The number of oxazole rings is 1. The van der Waals surface area contributed by atoms with Gasteiger partial charge in [0.2, 0.25) is 5.89 Å². The van der Waals surface area contributed by atoms with Crippen LogP contribution in [0.4, 0.5) is 0 Å². The Bertz CT molecular complexity index is 368. The molecular weight excluding hydrogens is 232 g/mol. The second-order valence-electron chi connectivity index (χ2n) is 4.26. The number of ether oxygens (including phenoxy) is 1. The van der Waals surface area contributed by atoms with Crippen molar-refractivity contribution in [3.05, 3.63) is 17.3 Å². The molecule has 1 aromatic rings. The van der Waals surface area contributed by atoms with Gasteiger partial charge in [0.05, 0.1) is 25.4 Å². The zero-order valence-corrected chi connectivity index (χ0v) is 11.7. The summed E-state index contributed by atoms with van der Waals surface area (Å²) in [5.74, 6) is 1.28. The summed E-state index contributed by atoms with van der Waals surface area (Å²) in [6.45, 7) is 9.74. The third kappa shape index (κ3) is 4.49. The topological polar surface area (TPSA) is 55.6 Å². The number of hydrogen-bond donors (Lipinski definition) is 0. The maximum Gasteiger partial charge on any atom is 0.320 e. The van der Waals surface area contributed by atoms with Crippen LogP contribution in [0.15, 0.2) is 4.42 Å². The highest BCUT2D eigenvalue weighted by atomic mass is 16.5. The van der Waals surface area contributed by atoms with E-state index >= 15 is 0 Å². The fourth-order valence-corrected chi connectivity index (χ4v) is 1.72. The van der Waals surface area contributed by atoms with Crippen molar-refractivity contribution in [2.24, 2.45) is 0 Å². The molecule has 0 spiro atoms. The van der Waals surface area contributed by atoms with Gasteiger partial charge in [-0.05, 0) is 33.7 Å². The van der Waals surface area contributed by atoms with Gasteiger partial charge in [-0.3, -0.25) is 9.69 Å². The Morgan fingerprint density at radius 1 is 1.39 bits per heavy atom. The lowest BCUT2D eigenvalue weighted by atomic mass is 10.4. The first-order valence-electron chi connectivity index (χ1n) is 6.37. The highest BCUT2D eigenvalue weighted by Crippen LogP contribution is 2.11. The first-order chi connectivity index (χ1) is 8.56. The Labute approximate surface area is 108 Å². The molecule has 5 nitrogen and oxygen atoms in total. The van der Waals surface area contributed by atoms with Crippen LogP contribution in [0.3, 0.4) is 0 Å². The predicted octanol–water partition coefficient (Wildman–Crippen LogP) is 2.07. The second-order valence-corrected chi connectivity index (χ2v) is 4.26. The maximum atomic E-state index is 11.5. The van der Waals surface area contributed by atoms with E-state index in [2.05, 4.69) is 11.9 Å². The molecule has 18 heavy (non-hydrogen) atoms. The molecule has 0 aliphatic carbocycles. The van der Waals surface area contributed by atoms with Gasteiger partial charge in [-0.1, -0.05) is 6.92 Å². The van der Waals surface area contributed by atoms with Crippen LogP contribution >= 0.6 is 0 Å². The number of aryl methyl sites for hydroxylation is 2. The highest BCUT2D eigenvalue weighted by Gasteiger charge is 2.14. The van der Waals surface area contributed by atoms with Gasteiger partial charge in [0.25, 0.3) is 0 Å².